The summed E-state index contributed by atoms with van der Waals surface area (Å²) in [5.74, 6) is -1.15. The van der Waals surface area contributed by atoms with Crippen molar-refractivity contribution in [3.05, 3.63) is 72.3 Å². The third kappa shape index (κ3) is 4.49. The maximum absolute atomic E-state index is 12.3. The number of carbonyl (C=O) groups is 2. The number of nitrogens with two attached hydrogens (primary N) is 1. The monoisotopic (exact) mass is 384 g/mol. The van der Waals surface area contributed by atoms with Crippen molar-refractivity contribution in [2.75, 3.05) is 11.9 Å². The molecule has 1 amide bonds. The fourth-order valence-corrected chi connectivity index (χ4v) is 3.05. The Kier molecular flexibility index (Phi) is 5.20. The molecule has 0 aliphatic carbocycles. The van der Waals surface area contributed by atoms with E-state index < -0.39 is 28.5 Å². The summed E-state index contributed by atoms with van der Waals surface area (Å²) < 4.78 is 27.5. The van der Waals surface area contributed by atoms with Crippen molar-refractivity contribution in [1.82, 2.24) is 0 Å². The lowest BCUT2D eigenvalue weighted by Gasteiger charge is -2.09. The Hall–Kier alpha value is -3.23. The number of primary sulfonamides is 1. The molecule has 0 saturated heterocycles. The van der Waals surface area contributed by atoms with Gasteiger partial charge in [0.15, 0.2) is 6.61 Å². The zero-order valence-corrected chi connectivity index (χ0v) is 14.9. The van der Waals surface area contributed by atoms with Gasteiger partial charge in [0, 0.05) is 5.69 Å². The summed E-state index contributed by atoms with van der Waals surface area (Å²) >= 11 is 0. The van der Waals surface area contributed by atoms with Gasteiger partial charge in [-0.25, -0.2) is 18.4 Å². The molecule has 0 radical (unpaired) electrons. The number of hydrogen-bond acceptors (Lipinski definition) is 5. The molecule has 0 atom stereocenters. The number of sulfonamides is 1. The second kappa shape index (κ2) is 7.56. The molecule has 0 saturated carbocycles. The number of benzene rings is 3. The van der Waals surface area contributed by atoms with Gasteiger partial charge in [-0.2, -0.15) is 0 Å². The number of amides is 1. The molecule has 7 nitrogen and oxygen atoms in total. The number of esters is 1. The minimum atomic E-state index is -3.80. The van der Waals surface area contributed by atoms with Crippen LogP contribution >= 0.6 is 0 Å². The summed E-state index contributed by atoms with van der Waals surface area (Å²) in [5, 5.41) is 9.16. The highest BCUT2D eigenvalue weighted by Crippen LogP contribution is 2.19. The second-order valence-electron chi connectivity index (χ2n) is 5.72. The van der Waals surface area contributed by atoms with Crippen LogP contribution in [0.3, 0.4) is 0 Å². The molecule has 3 N–H and O–H groups in total. The molecule has 3 aromatic carbocycles. The van der Waals surface area contributed by atoms with Crippen molar-refractivity contribution in [3.63, 3.8) is 0 Å². The lowest BCUT2D eigenvalue weighted by atomic mass is 10.1. The molecule has 0 aliphatic rings. The van der Waals surface area contributed by atoms with E-state index in [0.29, 0.717) is 11.3 Å². The first kappa shape index (κ1) is 18.6. The standard InChI is InChI=1S/C19H16N2O5S/c20-27(24,25)15-10-8-14(9-11-15)21-18(22)12-26-19(23)17-7-3-5-13-4-1-2-6-16(13)17/h1-11H,12H2,(H,21,22)(H2,20,24,25). The SMILES string of the molecule is NS(=O)(=O)c1ccc(NC(=O)COC(=O)c2cccc3ccccc23)cc1. The Balaban J connectivity index is 1.62. The van der Waals surface area contributed by atoms with Crippen molar-refractivity contribution in [1.29, 1.82) is 0 Å². The van der Waals surface area contributed by atoms with Crippen LogP contribution in [0.4, 0.5) is 5.69 Å². The molecule has 27 heavy (non-hydrogen) atoms. The fraction of sp³-hybridized carbons (Fsp3) is 0.0526. The van der Waals surface area contributed by atoms with E-state index in [4.69, 9.17) is 9.88 Å². The van der Waals surface area contributed by atoms with Crippen molar-refractivity contribution < 1.29 is 22.7 Å². The summed E-state index contributed by atoms with van der Waals surface area (Å²) in [7, 11) is -3.80. The molecule has 0 aliphatic heterocycles. The van der Waals surface area contributed by atoms with Crippen LogP contribution in [0.1, 0.15) is 10.4 Å². The van der Waals surface area contributed by atoms with Gasteiger partial charge < -0.3 is 10.1 Å². The molecule has 0 fully saturated rings. The van der Waals surface area contributed by atoms with E-state index in [1.165, 1.54) is 24.3 Å². The van der Waals surface area contributed by atoms with Crippen LogP contribution in [-0.2, 0) is 19.6 Å². The van der Waals surface area contributed by atoms with E-state index in [1.54, 1.807) is 18.2 Å². The van der Waals surface area contributed by atoms with Crippen LogP contribution < -0.4 is 10.5 Å². The van der Waals surface area contributed by atoms with Gasteiger partial charge >= 0.3 is 5.97 Å². The van der Waals surface area contributed by atoms with E-state index in [-0.39, 0.29) is 4.90 Å². The van der Waals surface area contributed by atoms with Crippen LogP contribution in [0.25, 0.3) is 10.8 Å². The van der Waals surface area contributed by atoms with Gasteiger partial charge in [-0.15, -0.1) is 0 Å². The van der Waals surface area contributed by atoms with Gasteiger partial charge in [0.25, 0.3) is 5.91 Å². The highest BCUT2D eigenvalue weighted by molar-refractivity contribution is 7.89. The molecular formula is C19H16N2O5S. The van der Waals surface area contributed by atoms with Crippen molar-refractivity contribution in [3.8, 4) is 0 Å². The summed E-state index contributed by atoms with van der Waals surface area (Å²) in [6.45, 7) is -0.473. The topological polar surface area (TPSA) is 116 Å². The minimum absolute atomic E-state index is 0.0668. The largest absolute Gasteiger partial charge is 0.452 e. The molecule has 8 heteroatoms. The number of ether oxygens (including phenoxy) is 1. The first-order chi connectivity index (χ1) is 12.8. The van der Waals surface area contributed by atoms with Gasteiger partial charge in [0.2, 0.25) is 10.0 Å². The summed E-state index contributed by atoms with van der Waals surface area (Å²) in [6, 6.07) is 17.9. The predicted molar refractivity (Wildman–Crippen MR) is 101 cm³/mol. The number of rotatable bonds is 5. The Bertz CT molecular complexity index is 1100. The maximum atomic E-state index is 12.3. The summed E-state index contributed by atoms with van der Waals surface area (Å²) in [4.78, 5) is 24.2. The third-order valence-electron chi connectivity index (χ3n) is 3.81. The smallest absolute Gasteiger partial charge is 0.339 e. The molecule has 0 heterocycles. The van der Waals surface area contributed by atoms with E-state index in [2.05, 4.69) is 5.32 Å². The maximum Gasteiger partial charge on any atom is 0.339 e. The molecule has 3 aromatic rings. The molecule has 0 aromatic heterocycles. The average molecular weight is 384 g/mol. The minimum Gasteiger partial charge on any atom is -0.452 e. The number of hydrogen-bond donors (Lipinski definition) is 2. The zero-order chi connectivity index (χ0) is 19.4. The van der Waals surface area contributed by atoms with Crippen molar-refractivity contribution in [2.24, 2.45) is 5.14 Å². The van der Waals surface area contributed by atoms with Crippen molar-refractivity contribution >= 4 is 38.4 Å². The Morgan fingerprint density at radius 1 is 0.926 bits per heavy atom. The van der Waals surface area contributed by atoms with Gasteiger partial charge in [-0.3, -0.25) is 4.79 Å². The normalized spacial score (nSPS) is 11.1. The molecule has 0 bridgehead atoms. The van der Waals surface area contributed by atoms with E-state index in [0.717, 1.165) is 10.8 Å². The fourth-order valence-electron chi connectivity index (χ4n) is 2.54. The first-order valence-corrected chi connectivity index (χ1v) is 9.47. The second-order valence-corrected chi connectivity index (χ2v) is 7.28. The Morgan fingerprint density at radius 3 is 2.30 bits per heavy atom. The van der Waals surface area contributed by atoms with Gasteiger partial charge in [-0.1, -0.05) is 36.4 Å². The lowest BCUT2D eigenvalue weighted by molar-refractivity contribution is -0.119. The summed E-state index contributed by atoms with van der Waals surface area (Å²) in [5.41, 5.74) is 0.729. The third-order valence-corrected chi connectivity index (χ3v) is 4.74. The molecular weight excluding hydrogens is 368 g/mol. The van der Waals surface area contributed by atoms with Crippen LogP contribution in [-0.4, -0.2) is 26.9 Å². The van der Waals surface area contributed by atoms with E-state index in [1.807, 2.05) is 24.3 Å². The molecule has 3 rings (SSSR count). The van der Waals surface area contributed by atoms with Crippen LogP contribution in [0, 0.1) is 0 Å². The number of anilines is 1. The zero-order valence-electron chi connectivity index (χ0n) is 14.1. The number of carbonyl (C=O) groups excluding carboxylic acids is 2. The predicted octanol–water partition coefficient (Wildman–Crippen LogP) is 2.28. The van der Waals surface area contributed by atoms with Gasteiger partial charge in [0.05, 0.1) is 10.5 Å². The summed E-state index contributed by atoms with van der Waals surface area (Å²) in [6.07, 6.45) is 0. The van der Waals surface area contributed by atoms with Crippen LogP contribution in [0.15, 0.2) is 71.6 Å². The van der Waals surface area contributed by atoms with Crippen LogP contribution in [0.2, 0.25) is 0 Å². The van der Waals surface area contributed by atoms with Gasteiger partial charge in [-0.05, 0) is 41.1 Å². The number of fused-ring (bicyclic) bond motifs is 1. The Labute approximate surface area is 155 Å². The highest BCUT2D eigenvalue weighted by Gasteiger charge is 2.13. The highest BCUT2D eigenvalue weighted by atomic mass is 32.2. The van der Waals surface area contributed by atoms with Crippen molar-refractivity contribution in [2.45, 2.75) is 4.90 Å². The quantitative estimate of drug-likeness (QED) is 0.655. The molecule has 138 valence electrons. The molecule has 0 unspecified atom stereocenters. The first-order valence-electron chi connectivity index (χ1n) is 7.92. The average Bonchev–Trinajstić information content (AvgIpc) is 2.65. The van der Waals surface area contributed by atoms with Crippen LogP contribution in [0.5, 0.6) is 0 Å². The van der Waals surface area contributed by atoms with E-state index >= 15 is 0 Å². The molecule has 0 spiro atoms. The van der Waals surface area contributed by atoms with Gasteiger partial charge in [0.1, 0.15) is 0 Å². The number of nitrogens with one attached hydrogen (secondary N) is 1. The van der Waals surface area contributed by atoms with E-state index in [9.17, 15) is 18.0 Å². The Morgan fingerprint density at radius 2 is 1.59 bits per heavy atom. The lowest BCUT2D eigenvalue weighted by Crippen LogP contribution is -2.21.